The molecule has 1 aliphatic rings. The van der Waals surface area contributed by atoms with Crippen molar-refractivity contribution in [3.05, 3.63) is 52.9 Å². The van der Waals surface area contributed by atoms with Crippen molar-refractivity contribution in [2.24, 2.45) is 0 Å². The minimum atomic E-state index is 0.101. The molecule has 0 aliphatic carbocycles. The van der Waals surface area contributed by atoms with Crippen LogP contribution in [0.3, 0.4) is 0 Å². The van der Waals surface area contributed by atoms with Gasteiger partial charge in [0, 0.05) is 44.4 Å². The van der Waals surface area contributed by atoms with Crippen LogP contribution in [0.1, 0.15) is 54.6 Å². The van der Waals surface area contributed by atoms with Gasteiger partial charge in [-0.15, -0.1) is 0 Å². The topological polar surface area (TPSA) is 49.6 Å². The first-order valence-electron chi connectivity index (χ1n) is 9.37. The number of amides is 1. The Morgan fingerprint density at radius 1 is 1.12 bits per heavy atom. The predicted molar refractivity (Wildman–Crippen MR) is 102 cm³/mol. The standard InChI is InChI=1S/C21H29N3O2/c1-16-14-19(22-26-16)15-23-10-5-11-24(13-12-23)20(25)17-6-8-18(9-7-17)21(2,3)4/h6-9,14H,5,10-13,15H2,1-4H3. The molecule has 2 aromatic rings. The van der Waals surface area contributed by atoms with E-state index in [2.05, 4.69) is 43.0 Å². The number of aromatic nitrogens is 1. The molecular formula is C21H29N3O2. The van der Waals surface area contributed by atoms with E-state index in [9.17, 15) is 4.79 Å². The highest BCUT2D eigenvalue weighted by Gasteiger charge is 2.21. The van der Waals surface area contributed by atoms with Crippen molar-refractivity contribution in [1.29, 1.82) is 0 Å². The highest BCUT2D eigenvalue weighted by molar-refractivity contribution is 5.94. The van der Waals surface area contributed by atoms with E-state index < -0.39 is 0 Å². The van der Waals surface area contributed by atoms with Gasteiger partial charge in [0.1, 0.15) is 5.76 Å². The fourth-order valence-electron chi connectivity index (χ4n) is 3.35. The van der Waals surface area contributed by atoms with E-state index in [1.807, 2.05) is 30.0 Å². The van der Waals surface area contributed by atoms with Crippen molar-refractivity contribution in [2.45, 2.75) is 46.1 Å². The molecule has 1 aliphatic heterocycles. The van der Waals surface area contributed by atoms with Crippen LogP contribution in [0, 0.1) is 6.92 Å². The van der Waals surface area contributed by atoms with Gasteiger partial charge < -0.3 is 9.42 Å². The molecule has 0 saturated carbocycles. The summed E-state index contributed by atoms with van der Waals surface area (Å²) in [4.78, 5) is 17.2. The summed E-state index contributed by atoms with van der Waals surface area (Å²) in [6.07, 6.45) is 0.975. The first-order valence-corrected chi connectivity index (χ1v) is 9.37. The largest absolute Gasteiger partial charge is 0.361 e. The summed E-state index contributed by atoms with van der Waals surface area (Å²) in [5, 5.41) is 4.07. The van der Waals surface area contributed by atoms with E-state index in [0.29, 0.717) is 0 Å². The number of hydrogen-bond acceptors (Lipinski definition) is 4. The smallest absolute Gasteiger partial charge is 0.253 e. The van der Waals surface area contributed by atoms with Crippen molar-refractivity contribution in [3.63, 3.8) is 0 Å². The predicted octanol–water partition coefficient (Wildman–Crippen LogP) is 3.63. The van der Waals surface area contributed by atoms with Crippen LogP contribution in [0.15, 0.2) is 34.9 Å². The van der Waals surface area contributed by atoms with Gasteiger partial charge in [0.15, 0.2) is 0 Å². The molecule has 1 saturated heterocycles. The molecule has 0 unspecified atom stereocenters. The second-order valence-corrected chi connectivity index (χ2v) is 8.18. The number of carbonyl (C=O) groups excluding carboxylic acids is 1. The normalized spacial score (nSPS) is 16.5. The molecule has 3 rings (SSSR count). The molecule has 0 atom stereocenters. The highest BCUT2D eigenvalue weighted by atomic mass is 16.5. The van der Waals surface area contributed by atoms with E-state index >= 15 is 0 Å². The fraction of sp³-hybridized carbons (Fsp3) is 0.524. The van der Waals surface area contributed by atoms with Gasteiger partial charge in [-0.2, -0.15) is 0 Å². The summed E-state index contributed by atoms with van der Waals surface area (Å²) in [5.74, 6) is 0.968. The van der Waals surface area contributed by atoms with E-state index in [0.717, 1.165) is 56.2 Å². The fourth-order valence-corrected chi connectivity index (χ4v) is 3.35. The van der Waals surface area contributed by atoms with Crippen molar-refractivity contribution < 1.29 is 9.32 Å². The maximum Gasteiger partial charge on any atom is 0.253 e. The third-order valence-corrected chi connectivity index (χ3v) is 4.94. The lowest BCUT2D eigenvalue weighted by molar-refractivity contribution is 0.0761. The Labute approximate surface area is 156 Å². The van der Waals surface area contributed by atoms with Gasteiger partial charge in [-0.05, 0) is 36.5 Å². The Morgan fingerprint density at radius 3 is 2.46 bits per heavy atom. The number of nitrogens with zero attached hydrogens (tertiary/aromatic N) is 3. The van der Waals surface area contributed by atoms with Crippen LogP contribution in [0.5, 0.6) is 0 Å². The van der Waals surface area contributed by atoms with E-state index in [4.69, 9.17) is 4.52 Å². The monoisotopic (exact) mass is 355 g/mol. The Hall–Kier alpha value is -2.14. The van der Waals surface area contributed by atoms with E-state index in [1.54, 1.807) is 0 Å². The van der Waals surface area contributed by atoms with Gasteiger partial charge in [0.25, 0.3) is 5.91 Å². The number of aryl methyl sites for hydroxylation is 1. The molecule has 0 N–H and O–H groups in total. The maximum absolute atomic E-state index is 12.9. The summed E-state index contributed by atoms with van der Waals surface area (Å²) in [6, 6.07) is 10.0. The molecule has 5 heteroatoms. The summed E-state index contributed by atoms with van der Waals surface area (Å²) in [7, 11) is 0. The molecule has 140 valence electrons. The molecule has 0 spiro atoms. The van der Waals surface area contributed by atoms with Gasteiger partial charge >= 0.3 is 0 Å². The zero-order valence-corrected chi connectivity index (χ0v) is 16.3. The second-order valence-electron chi connectivity index (χ2n) is 8.18. The van der Waals surface area contributed by atoms with Crippen molar-refractivity contribution >= 4 is 5.91 Å². The van der Waals surface area contributed by atoms with E-state index in [1.165, 1.54) is 5.56 Å². The first kappa shape index (κ1) is 18.6. The van der Waals surface area contributed by atoms with Gasteiger partial charge in [-0.1, -0.05) is 38.1 Å². The van der Waals surface area contributed by atoms with Crippen LogP contribution >= 0.6 is 0 Å². The number of rotatable bonds is 3. The Morgan fingerprint density at radius 2 is 1.85 bits per heavy atom. The van der Waals surface area contributed by atoms with E-state index in [-0.39, 0.29) is 11.3 Å². The quantitative estimate of drug-likeness (QED) is 0.844. The first-order chi connectivity index (χ1) is 12.3. The van der Waals surface area contributed by atoms with Crippen LogP contribution in [-0.2, 0) is 12.0 Å². The average molecular weight is 355 g/mol. The molecule has 0 radical (unpaired) electrons. The minimum absolute atomic E-state index is 0.101. The second kappa shape index (κ2) is 7.62. The van der Waals surface area contributed by atoms with Crippen molar-refractivity contribution in [3.8, 4) is 0 Å². The molecule has 1 amide bonds. The molecule has 1 fully saturated rings. The average Bonchev–Trinajstić information content (AvgIpc) is 2.87. The Bertz CT molecular complexity index is 743. The maximum atomic E-state index is 12.9. The lowest BCUT2D eigenvalue weighted by Crippen LogP contribution is -2.35. The van der Waals surface area contributed by atoms with Gasteiger partial charge in [0.2, 0.25) is 0 Å². The molecular weight excluding hydrogens is 326 g/mol. The third kappa shape index (κ3) is 4.52. The molecule has 26 heavy (non-hydrogen) atoms. The SMILES string of the molecule is Cc1cc(CN2CCCN(C(=O)c3ccc(C(C)(C)C)cc3)CC2)no1. The van der Waals surface area contributed by atoms with Crippen molar-refractivity contribution in [1.82, 2.24) is 15.0 Å². The lowest BCUT2D eigenvalue weighted by Gasteiger charge is -2.23. The van der Waals surface area contributed by atoms with Gasteiger partial charge in [-0.25, -0.2) is 0 Å². The minimum Gasteiger partial charge on any atom is -0.361 e. The summed E-state index contributed by atoms with van der Waals surface area (Å²) in [6.45, 7) is 12.6. The number of benzene rings is 1. The zero-order chi connectivity index (χ0) is 18.7. The highest BCUT2D eigenvalue weighted by Crippen LogP contribution is 2.22. The third-order valence-electron chi connectivity index (χ3n) is 4.94. The number of hydrogen-bond donors (Lipinski definition) is 0. The van der Waals surface area contributed by atoms with Crippen LogP contribution in [0.25, 0.3) is 0 Å². The molecule has 1 aromatic carbocycles. The Balaban J connectivity index is 1.60. The van der Waals surface area contributed by atoms with Gasteiger partial charge in [0.05, 0.1) is 5.69 Å². The Kier molecular flexibility index (Phi) is 5.47. The number of carbonyl (C=O) groups is 1. The van der Waals surface area contributed by atoms with Crippen LogP contribution in [0.4, 0.5) is 0 Å². The molecule has 0 bridgehead atoms. The summed E-state index contributed by atoms with van der Waals surface area (Å²) in [5.41, 5.74) is 3.09. The van der Waals surface area contributed by atoms with Crippen LogP contribution in [-0.4, -0.2) is 47.0 Å². The van der Waals surface area contributed by atoms with Crippen LogP contribution < -0.4 is 0 Å². The van der Waals surface area contributed by atoms with Crippen LogP contribution in [0.2, 0.25) is 0 Å². The summed E-state index contributed by atoms with van der Waals surface area (Å²) >= 11 is 0. The lowest BCUT2D eigenvalue weighted by atomic mass is 9.86. The van der Waals surface area contributed by atoms with Gasteiger partial charge in [-0.3, -0.25) is 9.69 Å². The molecule has 1 aromatic heterocycles. The summed E-state index contributed by atoms with van der Waals surface area (Å²) < 4.78 is 5.15. The molecule has 5 nitrogen and oxygen atoms in total. The molecule has 2 heterocycles. The van der Waals surface area contributed by atoms with Crippen molar-refractivity contribution in [2.75, 3.05) is 26.2 Å². The zero-order valence-electron chi connectivity index (χ0n) is 16.3.